The summed E-state index contributed by atoms with van der Waals surface area (Å²) in [5.74, 6) is -0.0429. The number of nitrogens with one attached hydrogen (secondary N) is 1. The number of rotatable bonds is 5. The maximum Gasteiger partial charge on any atom is 0.265 e. The van der Waals surface area contributed by atoms with Gasteiger partial charge >= 0.3 is 0 Å². The number of anilines is 1. The van der Waals surface area contributed by atoms with Crippen LogP contribution in [0.15, 0.2) is 60.2 Å². The molecule has 1 aromatic carbocycles. The zero-order valence-corrected chi connectivity index (χ0v) is 16.2. The molecule has 0 spiro atoms. The van der Waals surface area contributed by atoms with Crippen LogP contribution in [0.5, 0.6) is 5.75 Å². The third-order valence-electron chi connectivity index (χ3n) is 4.34. The number of amides is 2. The number of nitrogens with zero attached hydrogens (tertiary/aromatic N) is 2. The van der Waals surface area contributed by atoms with Gasteiger partial charge in [-0.05, 0) is 47.3 Å². The molecule has 1 aliphatic heterocycles. The molecule has 0 saturated carbocycles. The highest BCUT2D eigenvalue weighted by Gasteiger charge is 2.28. The molecule has 3 heterocycles. The van der Waals surface area contributed by atoms with Crippen LogP contribution in [0.4, 0.5) is 5.69 Å². The zero-order valence-electron chi connectivity index (χ0n) is 14.7. The van der Waals surface area contributed by atoms with E-state index in [1.54, 1.807) is 41.9 Å². The first-order valence-electron chi connectivity index (χ1n) is 8.57. The zero-order chi connectivity index (χ0) is 19.5. The van der Waals surface area contributed by atoms with E-state index in [1.165, 1.54) is 4.90 Å². The van der Waals surface area contributed by atoms with Gasteiger partial charge < -0.3 is 10.1 Å². The van der Waals surface area contributed by atoms with E-state index in [4.69, 9.17) is 16.3 Å². The van der Waals surface area contributed by atoms with E-state index in [2.05, 4.69) is 10.3 Å². The van der Waals surface area contributed by atoms with Crippen LogP contribution >= 0.6 is 22.9 Å². The van der Waals surface area contributed by atoms with Gasteiger partial charge in [-0.2, -0.15) is 0 Å². The number of carbonyl (C=O) groups excluding carboxylic acids is 2. The molecule has 0 fully saturated rings. The third kappa shape index (κ3) is 3.85. The highest BCUT2D eigenvalue weighted by molar-refractivity contribution is 7.10. The Hall–Kier alpha value is -2.90. The lowest BCUT2D eigenvalue weighted by Crippen LogP contribution is -2.45. The van der Waals surface area contributed by atoms with Crippen LogP contribution < -0.4 is 15.0 Å². The Labute approximate surface area is 170 Å². The van der Waals surface area contributed by atoms with Crippen molar-refractivity contribution in [1.29, 1.82) is 0 Å². The molecule has 0 unspecified atom stereocenters. The molecule has 8 heteroatoms. The van der Waals surface area contributed by atoms with Crippen molar-refractivity contribution in [2.75, 3.05) is 18.1 Å². The highest BCUT2D eigenvalue weighted by Crippen LogP contribution is 2.34. The first-order valence-corrected chi connectivity index (χ1v) is 9.83. The van der Waals surface area contributed by atoms with Gasteiger partial charge in [0, 0.05) is 22.3 Å². The van der Waals surface area contributed by atoms with Gasteiger partial charge in [-0.3, -0.25) is 19.5 Å². The fraction of sp³-hybridized carbons (Fsp3) is 0.150. The molecule has 28 heavy (non-hydrogen) atoms. The molecule has 0 bridgehead atoms. The summed E-state index contributed by atoms with van der Waals surface area (Å²) in [6.07, 6.45) is 3.37. The predicted molar refractivity (Wildman–Crippen MR) is 108 cm³/mol. The fourth-order valence-electron chi connectivity index (χ4n) is 3.03. The van der Waals surface area contributed by atoms with Gasteiger partial charge in [0.2, 0.25) is 5.91 Å². The average molecular weight is 414 g/mol. The Morgan fingerprint density at radius 1 is 1.29 bits per heavy atom. The van der Waals surface area contributed by atoms with Crippen LogP contribution in [0.3, 0.4) is 0 Å². The molecule has 2 amide bonds. The predicted octanol–water partition coefficient (Wildman–Crippen LogP) is 3.43. The van der Waals surface area contributed by atoms with Gasteiger partial charge in [0.1, 0.15) is 12.3 Å². The Morgan fingerprint density at radius 2 is 2.11 bits per heavy atom. The molecule has 3 aromatic rings. The quantitative estimate of drug-likeness (QED) is 0.695. The average Bonchev–Trinajstić information content (AvgIpc) is 3.23. The Balaban J connectivity index is 1.56. The number of carbonyl (C=O) groups is 2. The lowest BCUT2D eigenvalue weighted by atomic mass is 10.1. The fourth-order valence-corrected chi connectivity index (χ4v) is 4.00. The van der Waals surface area contributed by atoms with Crippen LogP contribution in [-0.2, 0) is 9.59 Å². The van der Waals surface area contributed by atoms with Crippen molar-refractivity contribution in [3.05, 3.63) is 75.7 Å². The number of ether oxygens (including phenoxy) is 1. The number of fused-ring (bicyclic) bond motifs is 1. The summed E-state index contributed by atoms with van der Waals surface area (Å²) in [5.41, 5.74) is 1.41. The maximum atomic E-state index is 12.8. The molecule has 142 valence electrons. The molecule has 1 aliphatic rings. The normalized spacial score (nSPS) is 14.2. The molecular formula is C20H16ClN3O3S. The second-order valence-electron chi connectivity index (χ2n) is 6.18. The van der Waals surface area contributed by atoms with Crippen LogP contribution in [0, 0.1) is 0 Å². The van der Waals surface area contributed by atoms with Gasteiger partial charge in [0.05, 0.1) is 11.7 Å². The van der Waals surface area contributed by atoms with Crippen molar-refractivity contribution < 1.29 is 14.3 Å². The minimum Gasteiger partial charge on any atom is -0.482 e. The minimum absolute atomic E-state index is 0.110. The van der Waals surface area contributed by atoms with E-state index in [1.807, 2.05) is 29.6 Å². The second kappa shape index (κ2) is 8.00. The molecule has 4 rings (SSSR count). The molecule has 0 radical (unpaired) electrons. The van der Waals surface area contributed by atoms with Crippen LogP contribution in [0.2, 0.25) is 5.02 Å². The van der Waals surface area contributed by atoms with Crippen LogP contribution in [-0.4, -0.2) is 29.9 Å². The number of benzene rings is 1. The number of hydrogen-bond donors (Lipinski definition) is 1. The smallest absolute Gasteiger partial charge is 0.265 e. The van der Waals surface area contributed by atoms with Crippen molar-refractivity contribution in [3.63, 3.8) is 0 Å². The lowest BCUT2D eigenvalue weighted by Gasteiger charge is -2.29. The van der Waals surface area contributed by atoms with Gasteiger partial charge in [-0.25, -0.2) is 0 Å². The minimum atomic E-state index is -0.314. The molecule has 2 aromatic heterocycles. The Morgan fingerprint density at radius 3 is 2.86 bits per heavy atom. The van der Waals surface area contributed by atoms with Crippen LogP contribution in [0.25, 0.3) is 0 Å². The van der Waals surface area contributed by atoms with E-state index >= 15 is 0 Å². The lowest BCUT2D eigenvalue weighted by molar-refractivity contribution is -0.125. The second-order valence-corrected chi connectivity index (χ2v) is 7.59. The maximum absolute atomic E-state index is 12.8. The van der Waals surface area contributed by atoms with Crippen molar-refractivity contribution in [1.82, 2.24) is 10.3 Å². The number of aromatic nitrogens is 1. The summed E-state index contributed by atoms with van der Waals surface area (Å²) in [7, 11) is 0. The summed E-state index contributed by atoms with van der Waals surface area (Å²) < 4.78 is 5.43. The molecule has 0 saturated heterocycles. The molecule has 1 atom stereocenters. The van der Waals surface area contributed by atoms with Crippen molar-refractivity contribution in [3.8, 4) is 5.75 Å². The number of pyridine rings is 1. The summed E-state index contributed by atoms with van der Waals surface area (Å²) in [4.78, 5) is 31.6. The summed E-state index contributed by atoms with van der Waals surface area (Å²) in [6.45, 7) is -0.233. The monoisotopic (exact) mass is 413 g/mol. The topological polar surface area (TPSA) is 71.5 Å². The Bertz CT molecular complexity index is 995. The first kappa shape index (κ1) is 18.5. The number of thiophene rings is 1. The third-order valence-corrected chi connectivity index (χ3v) is 5.51. The van der Waals surface area contributed by atoms with Gasteiger partial charge in [0.25, 0.3) is 5.91 Å². The van der Waals surface area contributed by atoms with Gasteiger partial charge in [0.15, 0.2) is 6.61 Å². The van der Waals surface area contributed by atoms with E-state index in [-0.39, 0.29) is 31.0 Å². The highest BCUT2D eigenvalue weighted by atomic mass is 35.5. The van der Waals surface area contributed by atoms with Crippen molar-refractivity contribution in [2.45, 2.75) is 6.04 Å². The number of hydrogen-bond acceptors (Lipinski definition) is 5. The van der Waals surface area contributed by atoms with E-state index in [0.29, 0.717) is 16.5 Å². The molecule has 0 aliphatic carbocycles. The van der Waals surface area contributed by atoms with Crippen LogP contribution in [0.1, 0.15) is 16.5 Å². The molecule has 1 N–H and O–H groups in total. The van der Waals surface area contributed by atoms with Crippen molar-refractivity contribution >= 4 is 40.4 Å². The largest absolute Gasteiger partial charge is 0.482 e. The molecular weight excluding hydrogens is 398 g/mol. The van der Waals surface area contributed by atoms with Crippen molar-refractivity contribution in [2.24, 2.45) is 0 Å². The first-order chi connectivity index (χ1) is 13.6. The van der Waals surface area contributed by atoms with Gasteiger partial charge in [-0.15, -0.1) is 11.3 Å². The number of halogens is 1. The molecule has 6 nitrogen and oxygen atoms in total. The van der Waals surface area contributed by atoms with E-state index in [9.17, 15) is 9.59 Å². The van der Waals surface area contributed by atoms with E-state index in [0.717, 1.165) is 10.4 Å². The summed E-state index contributed by atoms with van der Waals surface area (Å²) in [6, 6.07) is 12.3. The van der Waals surface area contributed by atoms with E-state index < -0.39 is 0 Å². The summed E-state index contributed by atoms with van der Waals surface area (Å²) >= 11 is 7.61. The SMILES string of the molecule is O=C(CN1C(=O)COc2ccc(Cl)cc21)N[C@H](c1ccncc1)c1cccs1. The standard InChI is InChI=1S/C20H16ClN3O3S/c21-14-3-4-16-15(10-14)24(19(26)12-27-16)11-18(25)23-20(17-2-1-9-28-17)13-5-7-22-8-6-13/h1-10,20H,11-12H2,(H,23,25)/t20-/m1/s1. The summed E-state index contributed by atoms with van der Waals surface area (Å²) in [5, 5.41) is 5.45. The van der Waals surface area contributed by atoms with Gasteiger partial charge in [-0.1, -0.05) is 17.7 Å². The Kier molecular flexibility index (Phi) is 5.27.